The van der Waals surface area contributed by atoms with E-state index in [2.05, 4.69) is 0 Å². The summed E-state index contributed by atoms with van der Waals surface area (Å²) < 4.78 is 5.77. The zero-order valence-electron chi connectivity index (χ0n) is 16.0. The molecule has 148 valence electrons. The Hall–Kier alpha value is -2.51. The Bertz CT molecular complexity index is 896. The van der Waals surface area contributed by atoms with E-state index in [0.717, 1.165) is 29.4 Å². The Morgan fingerprint density at radius 1 is 1.32 bits per heavy atom. The average Bonchev–Trinajstić information content (AvgIpc) is 3.51. The van der Waals surface area contributed by atoms with Crippen molar-refractivity contribution in [3.05, 3.63) is 41.6 Å². The molecule has 7 heteroatoms. The highest BCUT2D eigenvalue weighted by atomic mass is 16.5. The topological polar surface area (TPSA) is 83.0 Å². The molecule has 1 aromatic carbocycles. The van der Waals surface area contributed by atoms with E-state index in [-0.39, 0.29) is 18.6 Å². The Labute approximate surface area is 163 Å². The summed E-state index contributed by atoms with van der Waals surface area (Å²) in [4.78, 5) is 32.5. The minimum absolute atomic E-state index is 0.00492. The smallest absolute Gasteiger partial charge is 0.317 e. The second-order valence-electron chi connectivity index (χ2n) is 7.72. The maximum Gasteiger partial charge on any atom is 0.317 e. The molecule has 2 heterocycles. The van der Waals surface area contributed by atoms with Crippen molar-refractivity contribution >= 4 is 22.8 Å². The first kappa shape index (κ1) is 18.8. The van der Waals surface area contributed by atoms with Gasteiger partial charge in [-0.2, -0.15) is 0 Å². The number of para-hydroxylation sites is 1. The third kappa shape index (κ3) is 4.15. The number of ether oxygens (including phenoxy) is 1. The molecule has 0 bridgehead atoms. The van der Waals surface area contributed by atoms with Crippen LogP contribution in [0.15, 0.2) is 30.3 Å². The number of hydrogen-bond donors (Lipinski definition) is 1. The van der Waals surface area contributed by atoms with Crippen molar-refractivity contribution in [3.63, 3.8) is 0 Å². The lowest BCUT2D eigenvalue weighted by Crippen LogP contribution is -2.49. The summed E-state index contributed by atoms with van der Waals surface area (Å²) in [5.74, 6) is -0.407. The lowest BCUT2D eigenvalue weighted by molar-refractivity contribution is -0.138. The monoisotopic (exact) mass is 383 g/mol. The predicted molar refractivity (Wildman–Crippen MR) is 104 cm³/mol. The quantitative estimate of drug-likeness (QED) is 0.821. The summed E-state index contributed by atoms with van der Waals surface area (Å²) in [6, 6.07) is 9.75. The fourth-order valence-electron chi connectivity index (χ4n) is 3.79. The van der Waals surface area contributed by atoms with Gasteiger partial charge in [-0.25, -0.2) is 0 Å². The second kappa shape index (κ2) is 7.85. The standard InChI is InChI=1S/C21H25N3O4/c1-23(13-20(25)26)11-15-12-24(8-9-28-15)21(27)17-10-19(14-6-7-14)22-18-5-3-2-4-16(17)18/h2-5,10,14-15H,6-9,11-13H2,1H3,(H,25,26)/t15-/m1/s1. The molecule has 2 aliphatic rings. The van der Waals surface area contributed by atoms with Crippen molar-refractivity contribution in [1.82, 2.24) is 14.8 Å². The number of hydrogen-bond acceptors (Lipinski definition) is 5. The number of likely N-dealkylation sites (N-methyl/N-ethyl adjacent to an activating group) is 1. The van der Waals surface area contributed by atoms with Crippen LogP contribution < -0.4 is 0 Å². The molecule has 1 N–H and O–H groups in total. The number of aromatic nitrogens is 1. The molecule has 7 nitrogen and oxygen atoms in total. The summed E-state index contributed by atoms with van der Waals surface area (Å²) >= 11 is 0. The minimum Gasteiger partial charge on any atom is -0.480 e. The van der Waals surface area contributed by atoms with Gasteiger partial charge >= 0.3 is 5.97 Å². The zero-order valence-corrected chi connectivity index (χ0v) is 16.0. The number of benzene rings is 1. The number of carboxylic acids is 1. The molecule has 0 spiro atoms. The van der Waals surface area contributed by atoms with Crippen molar-refractivity contribution in [1.29, 1.82) is 0 Å². The number of pyridine rings is 1. The molecule has 1 aromatic heterocycles. The van der Waals surface area contributed by atoms with Crippen molar-refractivity contribution in [2.45, 2.75) is 24.9 Å². The van der Waals surface area contributed by atoms with Gasteiger partial charge in [0.15, 0.2) is 0 Å². The van der Waals surface area contributed by atoms with Crippen LogP contribution in [0.5, 0.6) is 0 Å². The number of carbonyl (C=O) groups excluding carboxylic acids is 1. The van der Waals surface area contributed by atoms with Crippen molar-refractivity contribution in [3.8, 4) is 0 Å². The number of fused-ring (bicyclic) bond motifs is 1. The van der Waals surface area contributed by atoms with Crippen LogP contribution in [0.3, 0.4) is 0 Å². The van der Waals surface area contributed by atoms with Gasteiger partial charge in [-0.3, -0.25) is 19.5 Å². The normalized spacial score (nSPS) is 19.9. The summed E-state index contributed by atoms with van der Waals surface area (Å²) in [5.41, 5.74) is 2.57. The largest absolute Gasteiger partial charge is 0.480 e. The number of morpholine rings is 1. The van der Waals surface area contributed by atoms with Crippen molar-refractivity contribution < 1.29 is 19.4 Å². The van der Waals surface area contributed by atoms with Crippen LogP contribution in [-0.2, 0) is 9.53 Å². The molecule has 2 aromatic rings. The van der Waals surface area contributed by atoms with Crippen LogP contribution in [0.4, 0.5) is 0 Å². The van der Waals surface area contributed by atoms with Crippen LogP contribution in [-0.4, -0.2) is 77.7 Å². The fourth-order valence-corrected chi connectivity index (χ4v) is 3.79. The van der Waals surface area contributed by atoms with E-state index in [0.29, 0.717) is 37.7 Å². The molecule has 1 saturated carbocycles. The van der Waals surface area contributed by atoms with Gasteiger partial charge in [0.05, 0.1) is 30.3 Å². The predicted octanol–water partition coefficient (Wildman–Crippen LogP) is 1.97. The number of carboxylic acid groups (broad SMARTS) is 1. The molecule has 1 amide bonds. The van der Waals surface area contributed by atoms with Crippen LogP contribution in [0, 0.1) is 0 Å². The van der Waals surface area contributed by atoms with Gasteiger partial charge in [0, 0.05) is 36.6 Å². The maximum atomic E-state index is 13.4. The number of nitrogens with zero attached hydrogens (tertiary/aromatic N) is 3. The Balaban J connectivity index is 1.54. The van der Waals surface area contributed by atoms with Crippen LogP contribution in [0.2, 0.25) is 0 Å². The van der Waals surface area contributed by atoms with Gasteiger partial charge in [0.25, 0.3) is 5.91 Å². The highest BCUT2D eigenvalue weighted by Crippen LogP contribution is 2.40. The molecule has 1 saturated heterocycles. The lowest BCUT2D eigenvalue weighted by Gasteiger charge is -2.34. The SMILES string of the molecule is CN(CC(=O)O)C[C@@H]1CN(C(=O)c2cc(C3CC3)nc3ccccc23)CCO1. The molecule has 1 aliphatic carbocycles. The minimum atomic E-state index is -0.873. The van der Waals surface area contributed by atoms with Gasteiger partial charge < -0.3 is 14.7 Å². The van der Waals surface area contributed by atoms with Crippen LogP contribution in [0.25, 0.3) is 10.9 Å². The van der Waals surface area contributed by atoms with E-state index in [1.165, 1.54) is 0 Å². The molecule has 0 radical (unpaired) electrons. The third-order valence-corrected chi connectivity index (χ3v) is 5.31. The summed E-state index contributed by atoms with van der Waals surface area (Å²) in [7, 11) is 1.75. The number of aliphatic carboxylic acids is 1. The van der Waals surface area contributed by atoms with E-state index in [4.69, 9.17) is 14.8 Å². The summed E-state index contributed by atoms with van der Waals surface area (Å²) in [5, 5.41) is 9.80. The Morgan fingerprint density at radius 3 is 2.86 bits per heavy atom. The van der Waals surface area contributed by atoms with Gasteiger partial charge in [0.2, 0.25) is 0 Å². The molecular formula is C21H25N3O4. The van der Waals surface area contributed by atoms with E-state index >= 15 is 0 Å². The summed E-state index contributed by atoms with van der Waals surface area (Å²) in [6.45, 7) is 1.87. The maximum absolute atomic E-state index is 13.4. The van der Waals surface area contributed by atoms with E-state index in [9.17, 15) is 9.59 Å². The first-order valence-corrected chi connectivity index (χ1v) is 9.72. The van der Waals surface area contributed by atoms with E-state index in [1.54, 1.807) is 11.9 Å². The number of carbonyl (C=O) groups is 2. The van der Waals surface area contributed by atoms with E-state index < -0.39 is 5.97 Å². The van der Waals surface area contributed by atoms with Crippen molar-refractivity contribution in [2.24, 2.45) is 0 Å². The summed E-state index contributed by atoms with van der Waals surface area (Å²) in [6.07, 6.45) is 2.07. The van der Waals surface area contributed by atoms with Gasteiger partial charge in [-0.15, -0.1) is 0 Å². The molecular weight excluding hydrogens is 358 g/mol. The Kier molecular flexibility index (Phi) is 5.28. The molecule has 1 aliphatic heterocycles. The molecule has 28 heavy (non-hydrogen) atoms. The molecule has 4 rings (SSSR count). The second-order valence-corrected chi connectivity index (χ2v) is 7.72. The van der Waals surface area contributed by atoms with Crippen LogP contribution >= 0.6 is 0 Å². The fraction of sp³-hybridized carbons (Fsp3) is 0.476. The highest BCUT2D eigenvalue weighted by molar-refractivity contribution is 6.06. The first-order valence-electron chi connectivity index (χ1n) is 9.72. The zero-order chi connectivity index (χ0) is 19.7. The average molecular weight is 383 g/mol. The lowest BCUT2D eigenvalue weighted by atomic mass is 10.0. The number of rotatable bonds is 6. The van der Waals surface area contributed by atoms with Gasteiger partial charge in [-0.05, 0) is 32.0 Å². The first-order chi connectivity index (χ1) is 13.5. The molecule has 2 fully saturated rings. The molecule has 0 unspecified atom stereocenters. The van der Waals surface area contributed by atoms with Gasteiger partial charge in [-0.1, -0.05) is 18.2 Å². The van der Waals surface area contributed by atoms with Crippen LogP contribution in [0.1, 0.15) is 34.8 Å². The Morgan fingerprint density at radius 2 is 2.11 bits per heavy atom. The van der Waals surface area contributed by atoms with E-state index in [1.807, 2.05) is 35.2 Å². The molecule has 1 atom stereocenters. The third-order valence-electron chi connectivity index (χ3n) is 5.31. The van der Waals surface area contributed by atoms with Gasteiger partial charge in [0.1, 0.15) is 0 Å². The number of amides is 1. The highest BCUT2D eigenvalue weighted by Gasteiger charge is 2.30. The van der Waals surface area contributed by atoms with Crippen molar-refractivity contribution in [2.75, 3.05) is 39.8 Å².